The number of hydrogen-bond donors (Lipinski definition) is 3. The summed E-state index contributed by atoms with van der Waals surface area (Å²) in [5.74, 6) is 0.505. The number of rotatable bonds is 9. The monoisotopic (exact) mass is 529 g/mol. The number of likely N-dealkylation sites (tertiary alicyclic amines) is 1. The maximum atomic E-state index is 12.7. The standard InChI is InChI=1S/C26H32ClN5O3S/c1-19-18-25(23-4-2-3-5-24(23)29-19)30-26(33)28-14-17-32-15-11-21(12-16-32)31-36(34,35)22-8-6-20(7-9-22)10-13-27/h2-9,18,21,31H,10-17H2,1H3,(H2,28,29,30,33). The number of benzene rings is 2. The molecule has 1 saturated heterocycles. The van der Waals surface area contributed by atoms with Crippen molar-refractivity contribution in [2.45, 2.75) is 37.1 Å². The largest absolute Gasteiger partial charge is 0.337 e. The molecular weight excluding hydrogens is 498 g/mol. The first kappa shape index (κ1) is 26.3. The Hall–Kier alpha value is -2.72. The molecule has 3 aromatic rings. The Morgan fingerprint density at radius 2 is 1.83 bits per heavy atom. The predicted molar refractivity (Wildman–Crippen MR) is 144 cm³/mol. The van der Waals surface area contributed by atoms with Crippen LogP contribution in [-0.4, -0.2) is 62.4 Å². The van der Waals surface area contributed by atoms with E-state index in [2.05, 4.69) is 25.2 Å². The van der Waals surface area contributed by atoms with Crippen molar-refractivity contribution >= 4 is 44.2 Å². The zero-order valence-corrected chi connectivity index (χ0v) is 21.9. The van der Waals surface area contributed by atoms with Crippen LogP contribution < -0.4 is 15.4 Å². The normalized spacial score (nSPS) is 15.2. The van der Waals surface area contributed by atoms with Crippen LogP contribution >= 0.6 is 11.6 Å². The van der Waals surface area contributed by atoms with Crippen LogP contribution in [0.25, 0.3) is 10.9 Å². The van der Waals surface area contributed by atoms with Gasteiger partial charge in [-0.05, 0) is 69.1 Å². The maximum absolute atomic E-state index is 12.7. The second-order valence-corrected chi connectivity index (χ2v) is 11.1. The first-order valence-electron chi connectivity index (χ1n) is 12.1. The molecule has 36 heavy (non-hydrogen) atoms. The summed E-state index contributed by atoms with van der Waals surface area (Å²) in [6.45, 7) is 4.63. The number of para-hydroxylation sites is 1. The molecule has 3 N–H and O–H groups in total. The Bertz CT molecular complexity index is 1290. The number of nitrogens with one attached hydrogen (secondary N) is 3. The van der Waals surface area contributed by atoms with Gasteiger partial charge in [0.15, 0.2) is 0 Å². The van der Waals surface area contributed by atoms with Crippen molar-refractivity contribution in [1.29, 1.82) is 0 Å². The lowest BCUT2D eigenvalue weighted by atomic mass is 10.1. The minimum Gasteiger partial charge on any atom is -0.337 e. The van der Waals surface area contributed by atoms with Crippen molar-refractivity contribution in [2.75, 3.05) is 37.4 Å². The first-order chi connectivity index (χ1) is 17.3. The number of carbonyl (C=O) groups is 1. The lowest BCUT2D eigenvalue weighted by molar-refractivity contribution is 0.206. The van der Waals surface area contributed by atoms with Gasteiger partial charge in [-0.3, -0.25) is 4.98 Å². The number of piperidine rings is 1. The molecule has 0 atom stereocenters. The van der Waals surface area contributed by atoms with E-state index < -0.39 is 10.0 Å². The van der Waals surface area contributed by atoms with Crippen LogP contribution in [0, 0.1) is 6.92 Å². The number of pyridine rings is 1. The SMILES string of the molecule is Cc1cc(NC(=O)NCCN2CCC(NS(=O)(=O)c3ccc(CCCl)cc3)CC2)c2ccccc2n1. The van der Waals surface area contributed by atoms with Crippen molar-refractivity contribution in [1.82, 2.24) is 19.9 Å². The van der Waals surface area contributed by atoms with Crippen molar-refractivity contribution in [3.8, 4) is 0 Å². The average Bonchev–Trinajstić information content (AvgIpc) is 2.85. The molecule has 0 aliphatic carbocycles. The summed E-state index contributed by atoms with van der Waals surface area (Å²) in [5.41, 5.74) is 3.43. The van der Waals surface area contributed by atoms with Crippen molar-refractivity contribution in [2.24, 2.45) is 0 Å². The van der Waals surface area contributed by atoms with E-state index >= 15 is 0 Å². The Morgan fingerprint density at radius 1 is 1.11 bits per heavy atom. The molecule has 1 aliphatic heterocycles. The summed E-state index contributed by atoms with van der Waals surface area (Å²) in [4.78, 5) is 19.5. The van der Waals surface area contributed by atoms with E-state index in [4.69, 9.17) is 11.6 Å². The fourth-order valence-corrected chi connectivity index (χ4v) is 5.93. The average molecular weight is 530 g/mol. The minimum atomic E-state index is -3.56. The number of anilines is 1. The van der Waals surface area contributed by atoms with Gasteiger partial charge in [-0.15, -0.1) is 11.6 Å². The number of aromatic nitrogens is 1. The molecule has 2 amide bonds. The Labute approximate surface area is 217 Å². The van der Waals surface area contributed by atoms with Gasteiger partial charge in [0.25, 0.3) is 0 Å². The molecule has 1 aliphatic rings. The second kappa shape index (κ2) is 12.0. The van der Waals surface area contributed by atoms with Crippen molar-refractivity contribution in [3.63, 3.8) is 0 Å². The van der Waals surface area contributed by atoms with E-state index in [9.17, 15) is 13.2 Å². The van der Waals surface area contributed by atoms with E-state index in [-0.39, 0.29) is 17.0 Å². The van der Waals surface area contributed by atoms with Crippen LogP contribution in [0.1, 0.15) is 24.1 Å². The third-order valence-corrected chi connectivity index (χ3v) is 8.06. The molecule has 1 fully saturated rings. The van der Waals surface area contributed by atoms with E-state index in [0.717, 1.165) is 53.8 Å². The molecule has 4 rings (SSSR count). The molecule has 0 unspecified atom stereocenters. The van der Waals surface area contributed by atoms with Crippen LogP contribution in [0.4, 0.5) is 10.5 Å². The Morgan fingerprint density at radius 3 is 2.56 bits per heavy atom. The molecular formula is C26H32ClN5O3S. The highest BCUT2D eigenvalue weighted by Gasteiger charge is 2.24. The summed E-state index contributed by atoms with van der Waals surface area (Å²) in [6.07, 6.45) is 2.15. The summed E-state index contributed by atoms with van der Waals surface area (Å²) in [7, 11) is -3.56. The summed E-state index contributed by atoms with van der Waals surface area (Å²) >= 11 is 5.75. The highest BCUT2D eigenvalue weighted by atomic mass is 35.5. The van der Waals surface area contributed by atoms with Crippen LogP contribution in [0.3, 0.4) is 0 Å². The molecule has 1 aromatic heterocycles. The van der Waals surface area contributed by atoms with Gasteiger partial charge in [-0.1, -0.05) is 30.3 Å². The van der Waals surface area contributed by atoms with Gasteiger partial charge < -0.3 is 15.5 Å². The Kier molecular flexibility index (Phi) is 8.79. The maximum Gasteiger partial charge on any atom is 0.319 e. The van der Waals surface area contributed by atoms with E-state index in [1.54, 1.807) is 24.3 Å². The Balaban J connectivity index is 1.20. The number of halogens is 1. The number of carbonyl (C=O) groups excluding carboxylic acids is 1. The molecule has 0 bridgehead atoms. The molecule has 0 radical (unpaired) electrons. The van der Waals surface area contributed by atoms with Gasteiger partial charge in [0.1, 0.15) is 0 Å². The quantitative estimate of drug-likeness (QED) is 0.365. The highest BCUT2D eigenvalue weighted by Crippen LogP contribution is 2.22. The molecule has 0 spiro atoms. The highest BCUT2D eigenvalue weighted by molar-refractivity contribution is 7.89. The lowest BCUT2D eigenvalue weighted by Gasteiger charge is -2.32. The van der Waals surface area contributed by atoms with Crippen molar-refractivity contribution in [3.05, 3.63) is 65.9 Å². The smallest absolute Gasteiger partial charge is 0.319 e. The zero-order valence-electron chi connectivity index (χ0n) is 20.3. The van der Waals surface area contributed by atoms with Gasteiger partial charge >= 0.3 is 6.03 Å². The minimum absolute atomic E-state index is 0.103. The topological polar surface area (TPSA) is 103 Å². The van der Waals surface area contributed by atoms with Gasteiger partial charge in [-0.25, -0.2) is 17.9 Å². The van der Waals surface area contributed by atoms with Gasteiger partial charge in [0.2, 0.25) is 10.0 Å². The number of hydrogen-bond acceptors (Lipinski definition) is 5. The lowest BCUT2D eigenvalue weighted by Crippen LogP contribution is -2.46. The molecule has 192 valence electrons. The van der Waals surface area contributed by atoms with Crippen molar-refractivity contribution < 1.29 is 13.2 Å². The first-order valence-corrected chi connectivity index (χ1v) is 14.2. The third kappa shape index (κ3) is 6.94. The number of amides is 2. The predicted octanol–water partition coefficient (Wildman–Crippen LogP) is 3.89. The number of aryl methyl sites for hydroxylation is 2. The van der Waals surface area contributed by atoms with Gasteiger partial charge in [0, 0.05) is 36.1 Å². The van der Waals surface area contributed by atoms with Crippen LogP contribution in [0.2, 0.25) is 0 Å². The van der Waals surface area contributed by atoms with Gasteiger partial charge in [-0.2, -0.15) is 0 Å². The second-order valence-electron chi connectivity index (χ2n) is 9.03. The fraction of sp³-hybridized carbons (Fsp3) is 0.385. The van der Waals surface area contributed by atoms with E-state index in [0.29, 0.717) is 25.4 Å². The van der Waals surface area contributed by atoms with Gasteiger partial charge in [0.05, 0.1) is 16.1 Å². The number of fused-ring (bicyclic) bond motifs is 1. The van der Waals surface area contributed by atoms with Crippen LogP contribution in [0.15, 0.2) is 59.5 Å². The number of urea groups is 1. The zero-order chi connectivity index (χ0) is 25.5. The fourth-order valence-electron chi connectivity index (χ4n) is 4.41. The molecule has 10 heteroatoms. The number of sulfonamides is 1. The number of nitrogens with zero attached hydrogens (tertiary/aromatic N) is 2. The molecule has 2 aromatic carbocycles. The third-order valence-electron chi connectivity index (χ3n) is 6.33. The molecule has 8 nitrogen and oxygen atoms in total. The molecule has 2 heterocycles. The summed E-state index contributed by atoms with van der Waals surface area (Å²) in [6, 6.07) is 16.1. The molecule has 0 saturated carbocycles. The number of alkyl halides is 1. The van der Waals surface area contributed by atoms with E-state index in [1.165, 1.54) is 0 Å². The van der Waals surface area contributed by atoms with E-state index in [1.807, 2.05) is 37.3 Å². The summed E-state index contributed by atoms with van der Waals surface area (Å²) < 4.78 is 28.3. The summed E-state index contributed by atoms with van der Waals surface area (Å²) in [5, 5.41) is 6.74. The van der Waals surface area contributed by atoms with Crippen LogP contribution in [0.5, 0.6) is 0 Å². The van der Waals surface area contributed by atoms with Crippen LogP contribution in [-0.2, 0) is 16.4 Å².